The van der Waals surface area contributed by atoms with E-state index in [1.807, 2.05) is 226 Å². The van der Waals surface area contributed by atoms with E-state index in [1.165, 1.54) is 0 Å². The van der Waals surface area contributed by atoms with Gasteiger partial charge in [0, 0.05) is 134 Å². The number of rotatable bonds is 15. The summed E-state index contributed by atoms with van der Waals surface area (Å²) in [5.41, 5.74) is 12.9. The second-order valence-electron chi connectivity index (χ2n) is 26.2. The molecule has 0 aliphatic heterocycles. The third-order valence-electron chi connectivity index (χ3n) is 18.7. The first-order valence-electron chi connectivity index (χ1n) is 36.0. The van der Waals surface area contributed by atoms with Gasteiger partial charge in [0.15, 0.2) is 11.6 Å². The highest BCUT2D eigenvalue weighted by Crippen LogP contribution is 2.41. The van der Waals surface area contributed by atoms with Crippen LogP contribution in [-0.4, -0.2) is 65.4 Å². The fourth-order valence-electron chi connectivity index (χ4n) is 13.7. The molecule has 0 aliphatic carbocycles. The third-order valence-corrected chi connectivity index (χ3v) is 19.6. The highest BCUT2D eigenvalue weighted by molar-refractivity contribution is 9.11. The number of carbonyl (C=O) groups excluding carboxylic acids is 2. The molecular formula is C95H73Br2N11O5. The van der Waals surface area contributed by atoms with Gasteiger partial charge in [-0.15, -0.1) is 0 Å². The molecule has 11 aromatic carbocycles. The summed E-state index contributed by atoms with van der Waals surface area (Å²) in [6.07, 6.45) is 12.4. The monoisotopic (exact) mass is 1610 g/mol. The molecule has 19 aromatic rings. The highest BCUT2D eigenvalue weighted by Gasteiger charge is 2.21. The Kier molecular flexibility index (Phi) is 22.5. The number of aromatic nitrogens is 10. The fourth-order valence-corrected chi connectivity index (χ4v) is 15.0. The number of nitrogens with zero attached hydrogens (tertiary/aromatic N) is 10. The Labute approximate surface area is 669 Å². The molecule has 0 fully saturated rings. The van der Waals surface area contributed by atoms with Crippen LogP contribution in [0.3, 0.4) is 0 Å². The maximum absolute atomic E-state index is 12.4. The van der Waals surface area contributed by atoms with Crippen LogP contribution in [0.25, 0.3) is 117 Å². The molecule has 0 saturated carbocycles. The molecule has 552 valence electrons. The number of carbonyl (C=O) groups is 2. The third kappa shape index (κ3) is 16.8. The number of halogens is 2. The molecule has 0 atom stereocenters. The standard InChI is InChI=1S/C44H28N6O2.C23H21NO2.C17H12N2O.C10H6Br2N2.CH4.H2/c1-3-12-38-34(10-1)36-18-16-30(27-40(36)49(38)42-14-5-7-20-45-42)51-32-24-29(44-47-22-9-23-48-44)25-33(26-32)52-31-17-19-37-35-11-2-4-13-39(35)50(41(37)28-31)43-15-6-8-21-46-43;1-17-12-13-20(21(14-17)19-10-6-3-7-11-19)15-22(25)23(26)24-16-18-8-4-2-5-9-18;20-12-8-9-14-13-5-1-2-6-15(13)19(16(14)11-12)17-7-3-4-10-18-17;11-8-4-7(5-9(12)6-8)10-13-2-1-3-14-10;;/h1-28H;2-14H,15-16H2,1H3,(H,24,26);1-11,20H;1-6H;1H4;1H/i;;;;;1+1. The van der Waals surface area contributed by atoms with E-state index in [0.717, 1.165) is 137 Å². The summed E-state index contributed by atoms with van der Waals surface area (Å²) in [5.74, 6) is 5.62. The molecule has 0 bridgehead atoms. The Hall–Kier alpha value is -14.1. The average molecular weight is 1610 g/mol. The van der Waals surface area contributed by atoms with Crippen LogP contribution in [0.2, 0.25) is 0 Å². The summed E-state index contributed by atoms with van der Waals surface area (Å²) < 4.78 is 21.7. The van der Waals surface area contributed by atoms with Crippen LogP contribution in [0.5, 0.6) is 28.7 Å². The number of pyridine rings is 3. The van der Waals surface area contributed by atoms with Gasteiger partial charge in [-0.3, -0.25) is 23.3 Å². The molecule has 0 saturated heterocycles. The maximum atomic E-state index is 12.4. The Morgan fingerprint density at radius 1 is 0.372 bits per heavy atom. The van der Waals surface area contributed by atoms with Gasteiger partial charge >= 0.3 is 0 Å². The molecule has 0 spiro atoms. The number of fused-ring (bicyclic) bond motifs is 9. The van der Waals surface area contributed by atoms with Gasteiger partial charge in [-0.2, -0.15) is 0 Å². The molecule has 8 heterocycles. The van der Waals surface area contributed by atoms with Gasteiger partial charge in [0.2, 0.25) is 5.78 Å². The summed E-state index contributed by atoms with van der Waals surface area (Å²) in [4.78, 5) is 55.7. The molecule has 1 amide bonds. The van der Waals surface area contributed by atoms with Gasteiger partial charge in [-0.25, -0.2) is 34.9 Å². The number of nitrogens with one attached hydrogen (secondary N) is 1. The number of Topliss-reactive ketones (excluding diaryl/α,β-unsaturated/α-hetero) is 1. The van der Waals surface area contributed by atoms with Crippen molar-refractivity contribution >= 4 is 109 Å². The van der Waals surface area contributed by atoms with Crippen molar-refractivity contribution in [2.75, 3.05) is 0 Å². The van der Waals surface area contributed by atoms with Crippen molar-refractivity contribution in [3.63, 3.8) is 0 Å². The summed E-state index contributed by atoms with van der Waals surface area (Å²) in [6, 6.07) is 101. The minimum Gasteiger partial charge on any atom is -0.508 e. The van der Waals surface area contributed by atoms with Gasteiger partial charge in [0.25, 0.3) is 5.91 Å². The van der Waals surface area contributed by atoms with Crippen LogP contribution in [-0.2, 0) is 22.6 Å². The van der Waals surface area contributed by atoms with Crippen LogP contribution < -0.4 is 14.8 Å². The first kappa shape index (κ1) is 74.4. The lowest BCUT2D eigenvalue weighted by atomic mass is 9.94. The molecule has 18 heteroatoms. The van der Waals surface area contributed by atoms with Crippen molar-refractivity contribution in [1.82, 2.24) is 53.9 Å². The lowest BCUT2D eigenvalue weighted by molar-refractivity contribution is -0.137. The molecule has 19 rings (SSSR count). The van der Waals surface area contributed by atoms with Crippen molar-refractivity contribution in [2.24, 2.45) is 0 Å². The second-order valence-corrected chi connectivity index (χ2v) is 28.0. The number of phenolic OH excluding ortho intramolecular Hbond substituents is 1. The Morgan fingerprint density at radius 3 is 1.25 bits per heavy atom. The summed E-state index contributed by atoms with van der Waals surface area (Å²) in [6.45, 7) is 2.37. The van der Waals surface area contributed by atoms with Crippen LogP contribution in [0, 0.1) is 6.92 Å². The molecule has 113 heavy (non-hydrogen) atoms. The fraction of sp³-hybridized carbons (Fsp3) is 0.0421. The van der Waals surface area contributed by atoms with Crippen molar-refractivity contribution in [1.29, 1.82) is 0 Å². The Morgan fingerprint density at radius 2 is 0.779 bits per heavy atom. The highest BCUT2D eigenvalue weighted by atomic mass is 79.9. The smallest absolute Gasteiger partial charge is 0.287 e. The lowest BCUT2D eigenvalue weighted by Crippen LogP contribution is -2.31. The number of hydrogen-bond donors (Lipinski definition) is 2. The summed E-state index contributed by atoms with van der Waals surface area (Å²) in [5, 5.41) is 19.3. The second kappa shape index (κ2) is 34.2. The number of benzene rings is 11. The summed E-state index contributed by atoms with van der Waals surface area (Å²) in [7, 11) is 0. The van der Waals surface area contributed by atoms with Gasteiger partial charge < -0.3 is 19.9 Å². The van der Waals surface area contributed by atoms with E-state index < -0.39 is 11.7 Å². The largest absolute Gasteiger partial charge is 0.508 e. The van der Waals surface area contributed by atoms with Crippen molar-refractivity contribution in [2.45, 2.75) is 27.3 Å². The lowest BCUT2D eigenvalue weighted by Gasteiger charge is -2.13. The van der Waals surface area contributed by atoms with E-state index in [1.54, 1.807) is 55.2 Å². The zero-order valence-corrected chi connectivity index (χ0v) is 63.4. The average Bonchev–Trinajstić information content (AvgIpc) is 1.61. The Balaban J connectivity index is 0.000000144. The summed E-state index contributed by atoms with van der Waals surface area (Å²) >= 11 is 6.85. The number of hydrogen-bond acceptors (Lipinski definition) is 12. The number of phenols is 1. The van der Waals surface area contributed by atoms with Crippen LogP contribution in [0.15, 0.2) is 362 Å². The minimum absolute atomic E-state index is 0. The number of ether oxygens (including phenoxy) is 2. The molecule has 0 unspecified atom stereocenters. The van der Waals surface area contributed by atoms with E-state index in [-0.39, 0.29) is 21.0 Å². The van der Waals surface area contributed by atoms with Crippen LogP contribution >= 0.6 is 31.9 Å². The van der Waals surface area contributed by atoms with E-state index in [2.05, 4.69) is 165 Å². The van der Waals surface area contributed by atoms with Gasteiger partial charge in [-0.05, 0) is 163 Å². The SMILES string of the molecule is Brc1cc(Br)cc(-c2ncccn2)c1.C.Cc1ccc(CC(=O)C(=O)NCc2ccccc2)c(-c2ccccc2)c1.Oc1ccc2c3ccccc3n(-c3ccccn3)c2c1.[2HH].c1ccc(-n2c3ccccc3c3ccc(Oc4cc(Oc5ccc6c7ccccc7n(-c7ccccn7)c6c5)cc(-c5ncccn5)c4)cc32)nc1. The number of para-hydroxylation sites is 3. The van der Waals surface area contributed by atoms with Gasteiger partial charge in [-0.1, -0.05) is 197 Å². The molecule has 0 aliphatic rings. The van der Waals surface area contributed by atoms with Crippen molar-refractivity contribution in [3.8, 4) is 80.1 Å². The van der Waals surface area contributed by atoms with Crippen molar-refractivity contribution < 1.29 is 25.6 Å². The first-order chi connectivity index (χ1) is 55.0. The number of ketones is 1. The molecule has 2 N–H and O–H groups in total. The van der Waals surface area contributed by atoms with E-state index in [4.69, 9.17) is 9.47 Å². The molecular weight excluding hydrogens is 1530 g/mol. The zero-order chi connectivity index (χ0) is 76.3. The number of aromatic hydroxyl groups is 1. The van der Waals surface area contributed by atoms with Gasteiger partial charge in [0.05, 0.1) is 33.1 Å². The number of aryl methyl sites for hydroxylation is 1. The molecule has 16 nitrogen and oxygen atoms in total. The molecule has 0 radical (unpaired) electrons. The zero-order valence-electron chi connectivity index (χ0n) is 60.2. The predicted octanol–water partition coefficient (Wildman–Crippen LogP) is 23.2. The van der Waals surface area contributed by atoms with Crippen molar-refractivity contribution in [3.05, 3.63) is 378 Å². The topological polar surface area (TPSA) is 190 Å². The minimum atomic E-state index is -0.548. The van der Waals surface area contributed by atoms with E-state index in [0.29, 0.717) is 35.4 Å². The molecule has 8 aromatic heterocycles. The van der Waals surface area contributed by atoms with E-state index in [9.17, 15) is 14.7 Å². The van der Waals surface area contributed by atoms with Gasteiger partial charge in [0.1, 0.15) is 46.2 Å². The maximum Gasteiger partial charge on any atom is 0.287 e. The predicted molar refractivity (Wildman–Crippen MR) is 460 cm³/mol. The first-order valence-corrected chi connectivity index (χ1v) is 37.6. The van der Waals surface area contributed by atoms with Crippen LogP contribution in [0.4, 0.5) is 0 Å². The van der Waals surface area contributed by atoms with Crippen LogP contribution in [0.1, 0.15) is 25.5 Å². The quantitative estimate of drug-likeness (QED) is 0.0925. The van der Waals surface area contributed by atoms with E-state index >= 15 is 0 Å². The Bertz CT molecular complexity index is 6390. The normalized spacial score (nSPS) is 10.9. The number of amides is 1.